The first-order valence-corrected chi connectivity index (χ1v) is 28.8. The number of unbranched alkanes of at least 4 members (excludes halogenated alkanes) is 38. The van der Waals surface area contributed by atoms with E-state index in [9.17, 15) is 14.4 Å². The molecule has 0 aromatic carbocycles. The van der Waals surface area contributed by atoms with Crippen molar-refractivity contribution in [3.05, 3.63) is 24.3 Å². The molecule has 0 heterocycles. The van der Waals surface area contributed by atoms with Gasteiger partial charge >= 0.3 is 17.9 Å². The number of esters is 3. The zero-order valence-electron chi connectivity index (χ0n) is 43.8. The van der Waals surface area contributed by atoms with Gasteiger partial charge in [-0.3, -0.25) is 14.4 Å². The second-order valence-electron chi connectivity index (χ2n) is 19.6. The zero-order chi connectivity index (χ0) is 47.2. The van der Waals surface area contributed by atoms with E-state index in [-0.39, 0.29) is 31.1 Å². The minimum Gasteiger partial charge on any atom is -0.462 e. The Labute approximate surface area is 404 Å². The highest BCUT2D eigenvalue weighted by Crippen LogP contribution is 2.17. The summed E-state index contributed by atoms with van der Waals surface area (Å²) in [6.07, 6.45) is 63.6. The third-order valence-corrected chi connectivity index (χ3v) is 13.0. The van der Waals surface area contributed by atoms with E-state index in [4.69, 9.17) is 14.2 Å². The third-order valence-electron chi connectivity index (χ3n) is 13.0. The first kappa shape index (κ1) is 62.9. The second kappa shape index (κ2) is 54.5. The monoisotopic (exact) mass is 915 g/mol. The first-order chi connectivity index (χ1) is 32.0. The Hall–Kier alpha value is -2.11. The summed E-state index contributed by atoms with van der Waals surface area (Å²) in [6, 6.07) is 0. The van der Waals surface area contributed by atoms with Crippen LogP contribution in [0.3, 0.4) is 0 Å². The predicted molar refractivity (Wildman–Crippen MR) is 279 cm³/mol. The van der Waals surface area contributed by atoms with E-state index in [2.05, 4.69) is 45.1 Å². The van der Waals surface area contributed by atoms with Gasteiger partial charge in [0.1, 0.15) is 13.2 Å². The lowest BCUT2D eigenvalue weighted by Crippen LogP contribution is -2.30. The topological polar surface area (TPSA) is 78.9 Å². The van der Waals surface area contributed by atoms with Crippen LogP contribution in [0.2, 0.25) is 0 Å². The average Bonchev–Trinajstić information content (AvgIpc) is 3.30. The number of allylic oxidation sites excluding steroid dienone is 4. The van der Waals surface area contributed by atoms with Gasteiger partial charge in [0.2, 0.25) is 0 Å². The molecule has 0 saturated heterocycles. The molecule has 0 aromatic rings. The lowest BCUT2D eigenvalue weighted by molar-refractivity contribution is -0.167. The lowest BCUT2D eigenvalue weighted by Gasteiger charge is -2.18. The van der Waals surface area contributed by atoms with Crippen LogP contribution in [0.5, 0.6) is 0 Å². The maximum absolute atomic E-state index is 12.8. The van der Waals surface area contributed by atoms with Crippen molar-refractivity contribution >= 4 is 17.9 Å². The molecule has 0 spiro atoms. The van der Waals surface area contributed by atoms with Crippen molar-refractivity contribution in [3.63, 3.8) is 0 Å². The molecule has 0 radical (unpaired) electrons. The first-order valence-electron chi connectivity index (χ1n) is 28.8. The molecule has 0 bridgehead atoms. The van der Waals surface area contributed by atoms with Crippen LogP contribution in [0, 0.1) is 0 Å². The smallest absolute Gasteiger partial charge is 0.306 e. The van der Waals surface area contributed by atoms with E-state index >= 15 is 0 Å². The van der Waals surface area contributed by atoms with Crippen LogP contribution in [0.15, 0.2) is 24.3 Å². The normalized spacial score (nSPS) is 12.1. The summed E-state index contributed by atoms with van der Waals surface area (Å²) < 4.78 is 16.7. The highest BCUT2D eigenvalue weighted by Gasteiger charge is 2.19. The minimum absolute atomic E-state index is 0.0729. The number of carbonyl (C=O) groups excluding carboxylic acids is 3. The molecular weight excluding hydrogens is 805 g/mol. The molecule has 0 amide bonds. The zero-order valence-corrected chi connectivity index (χ0v) is 43.8. The summed E-state index contributed by atoms with van der Waals surface area (Å²) in [5.41, 5.74) is 0. The molecule has 65 heavy (non-hydrogen) atoms. The van der Waals surface area contributed by atoms with Crippen LogP contribution >= 0.6 is 0 Å². The van der Waals surface area contributed by atoms with Crippen LogP contribution < -0.4 is 0 Å². The Morgan fingerprint density at radius 1 is 0.308 bits per heavy atom. The summed E-state index contributed by atoms with van der Waals surface area (Å²) in [4.78, 5) is 37.8. The summed E-state index contributed by atoms with van der Waals surface area (Å²) in [7, 11) is 0. The second-order valence-corrected chi connectivity index (χ2v) is 19.6. The molecule has 0 fully saturated rings. The average molecular weight is 916 g/mol. The van der Waals surface area contributed by atoms with Crippen molar-refractivity contribution in [2.24, 2.45) is 0 Å². The van der Waals surface area contributed by atoms with Crippen LogP contribution in [0.25, 0.3) is 0 Å². The number of rotatable bonds is 53. The number of hydrogen-bond acceptors (Lipinski definition) is 6. The summed E-state index contributed by atoms with van der Waals surface area (Å²) >= 11 is 0. The van der Waals surface area contributed by atoms with Crippen molar-refractivity contribution in [1.82, 2.24) is 0 Å². The van der Waals surface area contributed by atoms with Crippen molar-refractivity contribution in [3.8, 4) is 0 Å². The van der Waals surface area contributed by atoms with Crippen molar-refractivity contribution < 1.29 is 28.6 Å². The highest BCUT2D eigenvalue weighted by atomic mass is 16.6. The fourth-order valence-electron chi connectivity index (χ4n) is 8.59. The number of ether oxygens (including phenoxy) is 3. The maximum Gasteiger partial charge on any atom is 0.306 e. The van der Waals surface area contributed by atoms with Crippen LogP contribution in [0.4, 0.5) is 0 Å². The Bertz CT molecular complexity index is 1050. The molecule has 1 atom stereocenters. The van der Waals surface area contributed by atoms with Gasteiger partial charge < -0.3 is 14.2 Å². The molecule has 0 rings (SSSR count). The van der Waals surface area contributed by atoms with E-state index in [1.165, 1.54) is 199 Å². The van der Waals surface area contributed by atoms with Crippen molar-refractivity contribution in [1.29, 1.82) is 0 Å². The molecular formula is C59H110O6. The molecule has 6 nitrogen and oxygen atoms in total. The van der Waals surface area contributed by atoms with E-state index < -0.39 is 6.10 Å². The molecule has 0 aliphatic rings. The quantitative estimate of drug-likeness (QED) is 0.0262. The highest BCUT2D eigenvalue weighted by molar-refractivity contribution is 5.71. The molecule has 0 aliphatic heterocycles. The van der Waals surface area contributed by atoms with Gasteiger partial charge in [0, 0.05) is 19.3 Å². The van der Waals surface area contributed by atoms with Gasteiger partial charge in [-0.25, -0.2) is 0 Å². The minimum atomic E-state index is -0.771. The molecule has 0 saturated carbocycles. The Balaban J connectivity index is 4.03. The Morgan fingerprint density at radius 2 is 0.554 bits per heavy atom. The van der Waals surface area contributed by atoms with E-state index in [0.29, 0.717) is 19.3 Å². The van der Waals surface area contributed by atoms with Crippen molar-refractivity contribution in [2.45, 2.75) is 322 Å². The Kier molecular flexibility index (Phi) is 52.7. The van der Waals surface area contributed by atoms with Gasteiger partial charge in [-0.2, -0.15) is 0 Å². The summed E-state index contributed by atoms with van der Waals surface area (Å²) in [5, 5.41) is 0. The fourth-order valence-corrected chi connectivity index (χ4v) is 8.59. The Morgan fingerprint density at radius 3 is 0.877 bits per heavy atom. The fraction of sp³-hybridized carbons (Fsp3) is 0.881. The van der Waals surface area contributed by atoms with Crippen LogP contribution in [0.1, 0.15) is 316 Å². The van der Waals surface area contributed by atoms with Gasteiger partial charge in [0.15, 0.2) is 6.10 Å². The van der Waals surface area contributed by atoms with Crippen molar-refractivity contribution in [2.75, 3.05) is 13.2 Å². The van der Waals surface area contributed by atoms with E-state index in [1.807, 2.05) is 0 Å². The molecule has 0 N–H and O–H groups in total. The third kappa shape index (κ3) is 52.7. The number of carbonyl (C=O) groups is 3. The molecule has 6 heteroatoms. The van der Waals surface area contributed by atoms with Crippen LogP contribution in [-0.4, -0.2) is 37.2 Å². The largest absolute Gasteiger partial charge is 0.462 e. The standard InChI is InChI=1S/C59H110O6/c1-4-7-10-13-16-18-20-22-24-25-26-27-28-29-30-31-32-33-34-36-37-39-41-43-46-49-52-58(61)64-55-56(54-63-57(60)51-48-45-15-12-9-6-3)65-59(62)53-50-47-44-42-40-38-35-23-21-19-17-14-11-8-5-2/h17,19,23,35,56H,4-16,18,20-22,24-34,36-55H2,1-3H3/b19-17-,35-23-. The van der Waals surface area contributed by atoms with Gasteiger partial charge in [-0.1, -0.05) is 270 Å². The molecule has 0 aromatic heterocycles. The lowest BCUT2D eigenvalue weighted by atomic mass is 10.0. The predicted octanol–water partition coefficient (Wildman–Crippen LogP) is 19.1. The summed E-state index contributed by atoms with van der Waals surface area (Å²) in [5.74, 6) is -0.881. The summed E-state index contributed by atoms with van der Waals surface area (Å²) in [6.45, 7) is 6.58. The van der Waals surface area contributed by atoms with E-state index in [0.717, 1.165) is 77.0 Å². The van der Waals surface area contributed by atoms with E-state index in [1.54, 1.807) is 0 Å². The maximum atomic E-state index is 12.8. The van der Waals surface area contributed by atoms with Gasteiger partial charge in [-0.05, 0) is 51.4 Å². The SMILES string of the molecule is CCCCC/C=C\C/C=C\CCCCCCCC(=O)OC(COC(=O)CCCCCCCC)COC(=O)CCCCCCCCCCCCCCCCCCCCCCCCCCCC. The number of hydrogen-bond donors (Lipinski definition) is 0. The van der Waals surface area contributed by atoms with Gasteiger partial charge in [0.05, 0.1) is 0 Å². The molecule has 0 aliphatic carbocycles. The molecule has 382 valence electrons. The van der Waals surface area contributed by atoms with Gasteiger partial charge in [0.25, 0.3) is 0 Å². The molecule has 1 unspecified atom stereocenters. The van der Waals surface area contributed by atoms with Gasteiger partial charge in [-0.15, -0.1) is 0 Å². The van der Waals surface area contributed by atoms with Crippen LogP contribution in [-0.2, 0) is 28.6 Å².